The van der Waals surface area contributed by atoms with Gasteiger partial charge in [0, 0.05) is 13.1 Å². The van der Waals surface area contributed by atoms with Gasteiger partial charge in [-0.1, -0.05) is 30.3 Å². The van der Waals surface area contributed by atoms with Gasteiger partial charge < -0.3 is 4.74 Å². The fraction of sp³-hybridized carbons (Fsp3) is 0.500. The van der Waals surface area contributed by atoms with Crippen molar-refractivity contribution in [1.82, 2.24) is 4.90 Å². The molecule has 0 bridgehead atoms. The fourth-order valence-corrected chi connectivity index (χ4v) is 2.40. The van der Waals surface area contributed by atoms with Crippen LogP contribution in [0.4, 0.5) is 0 Å². The summed E-state index contributed by atoms with van der Waals surface area (Å²) in [5.41, 5.74) is 1.30. The quantitative estimate of drug-likeness (QED) is 0.749. The second-order valence-corrected chi connectivity index (χ2v) is 4.58. The molecule has 0 aliphatic carbocycles. The molecule has 0 N–H and O–H groups in total. The molecule has 1 saturated heterocycles. The molecule has 3 nitrogen and oxygen atoms in total. The van der Waals surface area contributed by atoms with Gasteiger partial charge in [0.1, 0.15) is 0 Å². The van der Waals surface area contributed by atoms with Crippen LogP contribution in [0.3, 0.4) is 0 Å². The van der Waals surface area contributed by atoms with Gasteiger partial charge in [0.15, 0.2) is 0 Å². The molecule has 0 spiro atoms. The first-order chi connectivity index (χ1) is 8.29. The molecule has 17 heavy (non-hydrogen) atoms. The highest BCUT2D eigenvalue weighted by Gasteiger charge is 2.26. The van der Waals surface area contributed by atoms with E-state index in [9.17, 15) is 4.79 Å². The maximum absolute atomic E-state index is 11.5. The van der Waals surface area contributed by atoms with Gasteiger partial charge in [0.25, 0.3) is 0 Å². The number of piperidine rings is 1. The highest BCUT2D eigenvalue weighted by atomic mass is 16.5. The highest BCUT2D eigenvalue weighted by molar-refractivity contribution is 5.72. The molecular weight excluding hydrogens is 214 g/mol. The third-order valence-electron chi connectivity index (χ3n) is 3.29. The average Bonchev–Trinajstić information content (AvgIpc) is 2.39. The SMILES string of the molecule is COC(=O)[C@@H]1CCCN(Cc2ccccc2)C1. The lowest BCUT2D eigenvalue weighted by atomic mass is 9.98. The van der Waals surface area contributed by atoms with Crippen molar-refractivity contribution in [3.63, 3.8) is 0 Å². The average molecular weight is 233 g/mol. The third-order valence-corrected chi connectivity index (χ3v) is 3.29. The predicted molar refractivity (Wildman–Crippen MR) is 66.5 cm³/mol. The maximum atomic E-state index is 11.5. The summed E-state index contributed by atoms with van der Waals surface area (Å²) < 4.78 is 4.82. The monoisotopic (exact) mass is 233 g/mol. The van der Waals surface area contributed by atoms with E-state index in [1.807, 2.05) is 6.07 Å². The van der Waals surface area contributed by atoms with Crippen molar-refractivity contribution < 1.29 is 9.53 Å². The Morgan fingerprint density at radius 2 is 2.18 bits per heavy atom. The number of methoxy groups -OCH3 is 1. The van der Waals surface area contributed by atoms with Gasteiger partial charge in [-0.05, 0) is 24.9 Å². The molecule has 0 amide bonds. The van der Waals surface area contributed by atoms with Crippen LogP contribution in [0.25, 0.3) is 0 Å². The summed E-state index contributed by atoms with van der Waals surface area (Å²) in [5.74, 6) is -0.0137. The zero-order chi connectivity index (χ0) is 12.1. The molecule has 1 atom stereocenters. The Morgan fingerprint density at radius 1 is 1.41 bits per heavy atom. The molecule has 1 aliphatic rings. The molecule has 0 aromatic heterocycles. The molecule has 3 heteroatoms. The number of hydrogen-bond acceptors (Lipinski definition) is 3. The number of carbonyl (C=O) groups is 1. The second-order valence-electron chi connectivity index (χ2n) is 4.58. The Kier molecular flexibility index (Phi) is 4.15. The van der Waals surface area contributed by atoms with Crippen LogP contribution in [0.2, 0.25) is 0 Å². The van der Waals surface area contributed by atoms with E-state index >= 15 is 0 Å². The van der Waals surface area contributed by atoms with E-state index in [4.69, 9.17) is 4.74 Å². The molecule has 1 aromatic rings. The molecular formula is C14H19NO2. The summed E-state index contributed by atoms with van der Waals surface area (Å²) >= 11 is 0. The summed E-state index contributed by atoms with van der Waals surface area (Å²) in [6.45, 7) is 2.82. The van der Waals surface area contributed by atoms with E-state index in [1.54, 1.807) is 0 Å². The molecule has 1 heterocycles. The summed E-state index contributed by atoms with van der Waals surface area (Å²) in [5, 5.41) is 0. The summed E-state index contributed by atoms with van der Waals surface area (Å²) in [4.78, 5) is 13.8. The van der Waals surface area contributed by atoms with Crippen molar-refractivity contribution >= 4 is 5.97 Å². The fourth-order valence-electron chi connectivity index (χ4n) is 2.40. The van der Waals surface area contributed by atoms with Crippen LogP contribution in [-0.2, 0) is 16.1 Å². The van der Waals surface area contributed by atoms with Crippen molar-refractivity contribution in [2.75, 3.05) is 20.2 Å². The minimum atomic E-state index is -0.0669. The van der Waals surface area contributed by atoms with E-state index in [2.05, 4.69) is 29.2 Å². The molecule has 1 aliphatic heterocycles. The lowest BCUT2D eigenvalue weighted by molar-refractivity contribution is -0.147. The lowest BCUT2D eigenvalue weighted by Crippen LogP contribution is -2.38. The minimum absolute atomic E-state index is 0.0532. The van der Waals surface area contributed by atoms with Crippen LogP contribution in [-0.4, -0.2) is 31.1 Å². The number of benzene rings is 1. The summed E-state index contributed by atoms with van der Waals surface area (Å²) in [6, 6.07) is 10.4. The summed E-state index contributed by atoms with van der Waals surface area (Å²) in [7, 11) is 1.47. The topological polar surface area (TPSA) is 29.5 Å². The second kappa shape index (κ2) is 5.82. The largest absolute Gasteiger partial charge is 0.469 e. The van der Waals surface area contributed by atoms with Gasteiger partial charge in [-0.2, -0.15) is 0 Å². The Labute approximate surface area is 102 Å². The minimum Gasteiger partial charge on any atom is -0.469 e. The smallest absolute Gasteiger partial charge is 0.309 e. The standard InChI is InChI=1S/C14H19NO2/c1-17-14(16)13-8-5-9-15(11-13)10-12-6-3-2-4-7-12/h2-4,6-7,13H,5,8-11H2,1H3/t13-/m1/s1. The number of carbonyl (C=O) groups excluding carboxylic acids is 1. The molecule has 2 rings (SSSR count). The zero-order valence-corrected chi connectivity index (χ0v) is 10.3. The normalized spacial score (nSPS) is 21.1. The molecule has 0 radical (unpaired) electrons. The number of esters is 1. The third kappa shape index (κ3) is 3.30. The van der Waals surface area contributed by atoms with Gasteiger partial charge in [-0.25, -0.2) is 0 Å². The highest BCUT2D eigenvalue weighted by Crippen LogP contribution is 2.19. The van der Waals surface area contributed by atoms with E-state index in [-0.39, 0.29) is 11.9 Å². The number of ether oxygens (including phenoxy) is 1. The number of likely N-dealkylation sites (tertiary alicyclic amines) is 1. The lowest BCUT2D eigenvalue weighted by Gasteiger charge is -2.31. The van der Waals surface area contributed by atoms with Crippen molar-refractivity contribution in [3.05, 3.63) is 35.9 Å². The van der Waals surface area contributed by atoms with Gasteiger partial charge in [0.2, 0.25) is 0 Å². The van der Waals surface area contributed by atoms with Gasteiger partial charge >= 0.3 is 5.97 Å². The Balaban J connectivity index is 1.92. The Hall–Kier alpha value is -1.35. The van der Waals surface area contributed by atoms with Gasteiger partial charge in [-0.15, -0.1) is 0 Å². The first kappa shape index (κ1) is 12.1. The molecule has 0 unspecified atom stereocenters. The van der Waals surface area contributed by atoms with Crippen LogP contribution in [0.5, 0.6) is 0 Å². The van der Waals surface area contributed by atoms with Gasteiger partial charge in [-0.3, -0.25) is 9.69 Å². The van der Waals surface area contributed by atoms with Crippen molar-refractivity contribution in [1.29, 1.82) is 0 Å². The first-order valence-corrected chi connectivity index (χ1v) is 6.13. The van der Waals surface area contributed by atoms with Crippen LogP contribution < -0.4 is 0 Å². The van der Waals surface area contributed by atoms with Crippen LogP contribution >= 0.6 is 0 Å². The van der Waals surface area contributed by atoms with Crippen LogP contribution in [0.15, 0.2) is 30.3 Å². The van der Waals surface area contributed by atoms with Crippen LogP contribution in [0.1, 0.15) is 18.4 Å². The zero-order valence-electron chi connectivity index (χ0n) is 10.3. The van der Waals surface area contributed by atoms with E-state index < -0.39 is 0 Å². The predicted octanol–water partition coefficient (Wildman–Crippen LogP) is 2.07. The van der Waals surface area contributed by atoms with Crippen molar-refractivity contribution in [3.8, 4) is 0 Å². The molecule has 1 aromatic carbocycles. The number of hydrogen-bond donors (Lipinski definition) is 0. The van der Waals surface area contributed by atoms with Crippen molar-refractivity contribution in [2.45, 2.75) is 19.4 Å². The molecule has 92 valence electrons. The maximum Gasteiger partial charge on any atom is 0.309 e. The van der Waals surface area contributed by atoms with Crippen molar-refractivity contribution in [2.24, 2.45) is 5.92 Å². The summed E-state index contributed by atoms with van der Waals surface area (Å²) in [6.07, 6.45) is 2.03. The molecule has 0 saturated carbocycles. The van der Waals surface area contributed by atoms with Gasteiger partial charge in [0.05, 0.1) is 13.0 Å². The van der Waals surface area contributed by atoms with E-state index in [0.29, 0.717) is 0 Å². The van der Waals surface area contributed by atoms with E-state index in [1.165, 1.54) is 12.7 Å². The molecule has 1 fully saturated rings. The Morgan fingerprint density at radius 3 is 2.88 bits per heavy atom. The van der Waals surface area contributed by atoms with Crippen LogP contribution in [0, 0.1) is 5.92 Å². The Bertz CT molecular complexity index is 364. The number of rotatable bonds is 3. The number of nitrogens with zero attached hydrogens (tertiary/aromatic N) is 1. The van der Waals surface area contributed by atoms with E-state index in [0.717, 1.165) is 32.5 Å². The first-order valence-electron chi connectivity index (χ1n) is 6.13.